The Morgan fingerprint density at radius 1 is 1.00 bits per heavy atom. The van der Waals surface area contributed by atoms with Crippen LogP contribution in [0.1, 0.15) is 13.8 Å². The zero-order valence-corrected chi connectivity index (χ0v) is 14.7. The monoisotopic (exact) mass is 380 g/mol. The summed E-state index contributed by atoms with van der Waals surface area (Å²) in [6, 6.07) is -5.15. The van der Waals surface area contributed by atoms with Gasteiger partial charge in [0.2, 0.25) is 17.7 Å². The van der Waals surface area contributed by atoms with Gasteiger partial charge in [-0.1, -0.05) is 0 Å². The van der Waals surface area contributed by atoms with Gasteiger partial charge in [-0.3, -0.25) is 14.4 Å². The number of carboxylic acid groups (broad SMARTS) is 1. The van der Waals surface area contributed by atoms with Gasteiger partial charge in [-0.15, -0.1) is 0 Å². The van der Waals surface area contributed by atoms with Crippen LogP contribution in [-0.4, -0.2) is 81.6 Å². The highest BCUT2D eigenvalue weighted by Gasteiger charge is 2.31. The van der Waals surface area contributed by atoms with E-state index in [0.717, 1.165) is 0 Å². The van der Waals surface area contributed by atoms with E-state index in [1.807, 2.05) is 0 Å². The molecule has 144 valence electrons. The molecule has 0 saturated heterocycles. The zero-order valence-electron chi connectivity index (χ0n) is 13.8. The number of amides is 3. The Hall–Kier alpha value is -1.89. The van der Waals surface area contributed by atoms with E-state index in [-0.39, 0.29) is 5.75 Å². The second-order valence-corrected chi connectivity index (χ2v) is 5.71. The van der Waals surface area contributed by atoms with Crippen LogP contribution in [-0.2, 0) is 19.2 Å². The SMILES string of the molecule is CC(N)C(=O)NC(C(=O)NC(CO)C(=O)NC(CS)C(=O)O)C(C)O. The summed E-state index contributed by atoms with van der Waals surface area (Å²) in [4.78, 5) is 46.6. The molecule has 0 aromatic rings. The first kappa shape index (κ1) is 23.1. The van der Waals surface area contributed by atoms with Crippen molar-refractivity contribution in [1.82, 2.24) is 16.0 Å². The fourth-order valence-electron chi connectivity index (χ4n) is 1.60. The van der Waals surface area contributed by atoms with E-state index in [9.17, 15) is 29.4 Å². The van der Waals surface area contributed by atoms with Crippen LogP contribution in [0.15, 0.2) is 0 Å². The van der Waals surface area contributed by atoms with Crippen LogP contribution in [0.25, 0.3) is 0 Å². The van der Waals surface area contributed by atoms with Crippen molar-refractivity contribution in [3.63, 3.8) is 0 Å². The molecule has 8 N–H and O–H groups in total. The van der Waals surface area contributed by atoms with E-state index in [4.69, 9.17) is 10.8 Å². The molecule has 0 spiro atoms. The Bertz CT molecular complexity index is 501. The molecule has 0 rings (SSSR count). The fourth-order valence-corrected chi connectivity index (χ4v) is 1.85. The molecule has 0 aromatic heterocycles. The highest BCUT2D eigenvalue weighted by atomic mass is 32.1. The summed E-state index contributed by atoms with van der Waals surface area (Å²) in [6.07, 6.45) is -1.31. The van der Waals surface area contributed by atoms with E-state index >= 15 is 0 Å². The second kappa shape index (κ2) is 10.9. The largest absolute Gasteiger partial charge is 0.480 e. The number of aliphatic hydroxyl groups excluding tert-OH is 2. The molecule has 5 atom stereocenters. The number of thiol groups is 1. The predicted molar refractivity (Wildman–Crippen MR) is 89.7 cm³/mol. The van der Waals surface area contributed by atoms with Crippen molar-refractivity contribution in [2.45, 2.75) is 44.1 Å². The third-order valence-electron chi connectivity index (χ3n) is 3.09. The Morgan fingerprint density at radius 2 is 1.52 bits per heavy atom. The van der Waals surface area contributed by atoms with Crippen LogP contribution in [0.5, 0.6) is 0 Å². The smallest absolute Gasteiger partial charge is 0.327 e. The number of aliphatic hydroxyl groups is 2. The molecule has 12 heteroatoms. The molecule has 5 unspecified atom stereocenters. The van der Waals surface area contributed by atoms with E-state index in [1.54, 1.807) is 0 Å². The number of nitrogens with two attached hydrogens (primary N) is 1. The molecule has 0 bridgehead atoms. The molecule has 0 heterocycles. The number of rotatable bonds is 10. The first-order valence-corrected chi connectivity index (χ1v) is 7.97. The third-order valence-corrected chi connectivity index (χ3v) is 3.45. The summed E-state index contributed by atoms with van der Waals surface area (Å²) < 4.78 is 0. The molecule has 0 fully saturated rings. The van der Waals surface area contributed by atoms with Crippen LogP contribution >= 0.6 is 12.6 Å². The molecule has 0 saturated carbocycles. The van der Waals surface area contributed by atoms with Gasteiger partial charge in [0.15, 0.2) is 0 Å². The van der Waals surface area contributed by atoms with Gasteiger partial charge >= 0.3 is 5.97 Å². The lowest BCUT2D eigenvalue weighted by Crippen LogP contribution is -2.60. The topological polar surface area (TPSA) is 191 Å². The van der Waals surface area contributed by atoms with Crippen molar-refractivity contribution in [2.75, 3.05) is 12.4 Å². The minimum Gasteiger partial charge on any atom is -0.480 e. The fraction of sp³-hybridized carbons (Fsp3) is 0.692. The van der Waals surface area contributed by atoms with E-state index < -0.39 is 60.6 Å². The van der Waals surface area contributed by atoms with Gasteiger partial charge < -0.3 is 37.0 Å². The lowest BCUT2D eigenvalue weighted by atomic mass is 10.1. The standard InChI is InChI=1S/C13H24N4O7S/c1-5(14)10(20)17-9(6(2)19)12(22)15-7(3-18)11(21)16-8(4-25)13(23)24/h5-9,18-19,25H,3-4,14H2,1-2H3,(H,15,22)(H,16,21)(H,17,20)(H,23,24). The van der Waals surface area contributed by atoms with Gasteiger partial charge in [0.05, 0.1) is 18.8 Å². The summed E-state index contributed by atoms with van der Waals surface area (Å²) in [5.74, 6) is -4.14. The molecule has 3 amide bonds. The Balaban J connectivity index is 5.01. The normalized spacial score (nSPS) is 16.7. The summed E-state index contributed by atoms with van der Waals surface area (Å²) in [6.45, 7) is 1.78. The molecular formula is C13H24N4O7S. The third kappa shape index (κ3) is 7.69. The minimum absolute atomic E-state index is 0.200. The Kier molecular flexibility index (Phi) is 10.0. The van der Waals surface area contributed by atoms with Crippen molar-refractivity contribution < 1.29 is 34.5 Å². The molecule has 0 aromatic carbocycles. The first-order chi connectivity index (χ1) is 11.5. The number of hydrogen-bond donors (Lipinski definition) is 8. The van der Waals surface area contributed by atoms with E-state index in [1.165, 1.54) is 13.8 Å². The lowest BCUT2D eigenvalue weighted by Gasteiger charge is -2.25. The summed E-state index contributed by atoms with van der Waals surface area (Å²) >= 11 is 3.78. The first-order valence-electron chi connectivity index (χ1n) is 7.34. The number of aliphatic carboxylic acids is 1. The number of carbonyl (C=O) groups is 4. The molecule has 25 heavy (non-hydrogen) atoms. The maximum Gasteiger partial charge on any atom is 0.327 e. The highest BCUT2D eigenvalue weighted by molar-refractivity contribution is 7.80. The number of hydrogen-bond acceptors (Lipinski definition) is 8. The minimum atomic E-state index is -1.48. The molecule has 0 radical (unpaired) electrons. The zero-order chi connectivity index (χ0) is 19.7. The molecule has 0 aliphatic heterocycles. The maximum atomic E-state index is 12.2. The van der Waals surface area contributed by atoms with Crippen molar-refractivity contribution in [3.05, 3.63) is 0 Å². The maximum absolute atomic E-state index is 12.2. The van der Waals surface area contributed by atoms with Gasteiger partial charge in [-0.2, -0.15) is 12.6 Å². The molecule has 0 aliphatic rings. The van der Waals surface area contributed by atoms with Crippen LogP contribution in [0.4, 0.5) is 0 Å². The summed E-state index contributed by atoms with van der Waals surface area (Å²) in [7, 11) is 0. The van der Waals surface area contributed by atoms with Crippen LogP contribution in [0.3, 0.4) is 0 Å². The predicted octanol–water partition coefficient (Wildman–Crippen LogP) is -3.82. The van der Waals surface area contributed by atoms with Crippen molar-refractivity contribution in [2.24, 2.45) is 5.73 Å². The molecular weight excluding hydrogens is 356 g/mol. The van der Waals surface area contributed by atoms with E-state index in [0.29, 0.717) is 0 Å². The number of nitrogens with one attached hydrogen (secondary N) is 3. The van der Waals surface area contributed by atoms with Gasteiger partial charge in [-0.25, -0.2) is 4.79 Å². The Morgan fingerprint density at radius 3 is 1.88 bits per heavy atom. The molecule has 0 aliphatic carbocycles. The lowest BCUT2D eigenvalue weighted by molar-refractivity contribution is -0.142. The highest BCUT2D eigenvalue weighted by Crippen LogP contribution is 1.97. The number of carboxylic acids is 1. The van der Waals surface area contributed by atoms with Crippen molar-refractivity contribution in [1.29, 1.82) is 0 Å². The average Bonchev–Trinajstić information content (AvgIpc) is 2.53. The van der Waals surface area contributed by atoms with Crippen LogP contribution in [0, 0.1) is 0 Å². The molecule has 11 nitrogen and oxygen atoms in total. The van der Waals surface area contributed by atoms with Gasteiger partial charge in [0.1, 0.15) is 18.1 Å². The van der Waals surface area contributed by atoms with E-state index in [2.05, 4.69) is 28.6 Å². The van der Waals surface area contributed by atoms with Crippen molar-refractivity contribution in [3.8, 4) is 0 Å². The summed E-state index contributed by atoms with van der Waals surface area (Å²) in [5.41, 5.74) is 5.37. The van der Waals surface area contributed by atoms with Gasteiger partial charge in [0, 0.05) is 5.75 Å². The quantitative estimate of drug-likeness (QED) is 0.177. The van der Waals surface area contributed by atoms with Crippen LogP contribution in [0.2, 0.25) is 0 Å². The average molecular weight is 380 g/mol. The van der Waals surface area contributed by atoms with Gasteiger partial charge in [0.25, 0.3) is 0 Å². The second-order valence-electron chi connectivity index (χ2n) is 5.34. The summed E-state index contributed by atoms with van der Waals surface area (Å²) in [5, 5.41) is 34.2. The van der Waals surface area contributed by atoms with Crippen molar-refractivity contribution >= 4 is 36.3 Å². The number of carbonyl (C=O) groups excluding carboxylic acids is 3. The Labute approximate surface area is 149 Å². The van der Waals surface area contributed by atoms with Gasteiger partial charge in [-0.05, 0) is 13.8 Å². The van der Waals surface area contributed by atoms with Crippen LogP contribution < -0.4 is 21.7 Å².